The van der Waals surface area contributed by atoms with Gasteiger partial charge in [0.1, 0.15) is 23.2 Å². The smallest absolute Gasteiger partial charge is 0.160 e. The van der Waals surface area contributed by atoms with E-state index in [4.69, 9.17) is 14.4 Å². The van der Waals surface area contributed by atoms with Crippen molar-refractivity contribution in [2.45, 2.75) is 6.17 Å². The van der Waals surface area contributed by atoms with Crippen LogP contribution in [0, 0.1) is 0 Å². The minimum atomic E-state index is -0.445. The summed E-state index contributed by atoms with van der Waals surface area (Å²) in [7, 11) is 0. The van der Waals surface area contributed by atoms with Gasteiger partial charge in [0, 0.05) is 27.5 Å². The zero-order valence-electron chi connectivity index (χ0n) is 31.9. The molecule has 1 aliphatic rings. The molecule has 0 saturated carbocycles. The molecule has 10 aromatic carbocycles. The number of benzene rings is 10. The number of furan rings is 1. The predicted octanol–water partition coefficient (Wildman–Crippen LogP) is 14.0. The number of rotatable bonds is 5. The predicted molar refractivity (Wildman–Crippen MR) is 246 cm³/mol. The Labute approximate surface area is 340 Å². The van der Waals surface area contributed by atoms with Gasteiger partial charge in [-0.15, -0.1) is 0 Å². The van der Waals surface area contributed by atoms with Crippen molar-refractivity contribution >= 4 is 76.7 Å². The molecular weight excluding hydrogens is 719 g/mol. The number of nitrogens with one attached hydrogen (secondary N) is 1. The molecule has 1 aliphatic heterocycles. The summed E-state index contributed by atoms with van der Waals surface area (Å²) >= 11 is 0. The van der Waals surface area contributed by atoms with Gasteiger partial charge >= 0.3 is 0 Å². The molecule has 11 aromatic rings. The first-order valence-corrected chi connectivity index (χ1v) is 20.1. The molecule has 12 rings (SSSR count). The van der Waals surface area contributed by atoms with Crippen LogP contribution in [0.2, 0.25) is 0 Å². The molecular formula is C55H35N3O. The third kappa shape index (κ3) is 5.53. The van der Waals surface area contributed by atoms with Gasteiger partial charge in [-0.2, -0.15) is 0 Å². The Kier molecular flexibility index (Phi) is 7.57. The number of nitrogens with zero attached hydrogens (tertiary/aromatic N) is 2. The van der Waals surface area contributed by atoms with E-state index in [-0.39, 0.29) is 0 Å². The Morgan fingerprint density at radius 2 is 0.932 bits per heavy atom. The molecule has 0 spiro atoms. The maximum Gasteiger partial charge on any atom is 0.160 e. The maximum absolute atomic E-state index is 6.65. The standard InChI is InChI=1S/C55H35N3O/c1-2-14-34(15-3-1)35-26-28-36(29-27-35)39-32-49(52-46-24-12-13-25-50(46)59-51(52)33-39)55-57-53(47-30-37-16-4-6-18-40(37)42-20-8-10-22-44(42)47)56-54(58-55)48-31-38-17-5-7-19-41(38)43-21-9-11-23-45(43)48/h1-33,53H,(H,56,57,58). The van der Waals surface area contributed by atoms with Gasteiger partial charge in [-0.1, -0.05) is 170 Å². The van der Waals surface area contributed by atoms with Crippen molar-refractivity contribution in [3.05, 3.63) is 217 Å². The minimum absolute atomic E-state index is 0.445. The normalized spacial score (nSPS) is 14.3. The molecule has 1 atom stereocenters. The summed E-state index contributed by atoms with van der Waals surface area (Å²) in [6, 6.07) is 71.1. The SMILES string of the molecule is c1ccc(-c2ccc(-c3cc(C4=NC(c5cc6ccccc6c6ccccc56)NC(c5cc6ccccc6c6ccccc56)=N4)c4c(c3)oc3ccccc34)cc2)cc1. The summed E-state index contributed by atoms with van der Waals surface area (Å²) in [5.41, 5.74) is 9.16. The van der Waals surface area contributed by atoms with Crippen LogP contribution in [0.4, 0.5) is 0 Å². The van der Waals surface area contributed by atoms with E-state index >= 15 is 0 Å². The zero-order chi connectivity index (χ0) is 38.9. The fraction of sp³-hybridized carbons (Fsp3) is 0.0182. The van der Waals surface area contributed by atoms with Crippen molar-refractivity contribution in [1.82, 2.24) is 5.32 Å². The van der Waals surface area contributed by atoms with Crippen LogP contribution in [0.15, 0.2) is 215 Å². The third-order valence-electron chi connectivity index (χ3n) is 11.9. The van der Waals surface area contributed by atoms with Crippen molar-refractivity contribution in [3.63, 3.8) is 0 Å². The highest BCUT2D eigenvalue weighted by atomic mass is 16.3. The molecule has 4 nitrogen and oxygen atoms in total. The lowest BCUT2D eigenvalue weighted by molar-refractivity contribution is 0.669. The van der Waals surface area contributed by atoms with Gasteiger partial charge in [-0.3, -0.25) is 0 Å². The fourth-order valence-electron chi connectivity index (χ4n) is 9.11. The van der Waals surface area contributed by atoms with Gasteiger partial charge in [-0.05, 0) is 95.7 Å². The molecule has 4 heteroatoms. The molecule has 1 aromatic heterocycles. The van der Waals surface area contributed by atoms with Gasteiger partial charge < -0.3 is 9.73 Å². The molecule has 0 fully saturated rings. The fourth-order valence-corrected chi connectivity index (χ4v) is 9.11. The van der Waals surface area contributed by atoms with Crippen molar-refractivity contribution < 1.29 is 4.42 Å². The molecule has 0 bridgehead atoms. The summed E-state index contributed by atoms with van der Waals surface area (Å²) in [5, 5.41) is 15.4. The molecule has 1 unspecified atom stereocenters. The number of fused-ring (bicyclic) bond motifs is 9. The van der Waals surface area contributed by atoms with Crippen LogP contribution in [-0.4, -0.2) is 11.7 Å². The lowest BCUT2D eigenvalue weighted by Gasteiger charge is -2.26. The van der Waals surface area contributed by atoms with E-state index in [0.29, 0.717) is 5.84 Å². The van der Waals surface area contributed by atoms with Gasteiger partial charge in [-0.25, -0.2) is 9.98 Å². The quantitative estimate of drug-likeness (QED) is 0.178. The van der Waals surface area contributed by atoms with Crippen LogP contribution in [-0.2, 0) is 0 Å². The first-order valence-electron chi connectivity index (χ1n) is 20.1. The Balaban J connectivity index is 1.13. The Bertz CT molecular complexity index is 3520. The van der Waals surface area contributed by atoms with Crippen LogP contribution in [0.25, 0.3) is 87.3 Å². The van der Waals surface area contributed by atoms with E-state index in [9.17, 15) is 0 Å². The van der Waals surface area contributed by atoms with E-state index in [2.05, 4.69) is 193 Å². The summed E-state index contributed by atoms with van der Waals surface area (Å²) in [5.74, 6) is 1.43. The van der Waals surface area contributed by atoms with E-state index in [1.807, 2.05) is 12.1 Å². The van der Waals surface area contributed by atoms with Crippen LogP contribution in [0.3, 0.4) is 0 Å². The number of para-hydroxylation sites is 1. The van der Waals surface area contributed by atoms with Gasteiger partial charge in [0.2, 0.25) is 0 Å². The van der Waals surface area contributed by atoms with E-state index in [0.717, 1.165) is 71.8 Å². The number of hydrogen-bond donors (Lipinski definition) is 1. The second-order valence-electron chi connectivity index (χ2n) is 15.3. The first kappa shape index (κ1) is 33.3. The van der Waals surface area contributed by atoms with E-state index in [1.165, 1.54) is 38.1 Å². The largest absolute Gasteiger partial charge is 0.456 e. The molecule has 0 aliphatic carbocycles. The molecule has 0 amide bonds. The molecule has 1 N–H and O–H groups in total. The summed E-state index contributed by atoms with van der Waals surface area (Å²) < 4.78 is 6.65. The van der Waals surface area contributed by atoms with Crippen molar-refractivity contribution in [3.8, 4) is 22.3 Å². The topological polar surface area (TPSA) is 49.9 Å². The molecule has 0 radical (unpaired) electrons. The minimum Gasteiger partial charge on any atom is -0.456 e. The Morgan fingerprint density at radius 3 is 1.66 bits per heavy atom. The Hall–Kier alpha value is -7.82. The lowest BCUT2D eigenvalue weighted by atomic mass is 9.93. The number of aliphatic imine (C=N–C) groups is 2. The lowest BCUT2D eigenvalue weighted by Crippen LogP contribution is -2.34. The average molecular weight is 754 g/mol. The summed E-state index contributed by atoms with van der Waals surface area (Å²) in [6.07, 6.45) is -0.445. The average Bonchev–Trinajstić information content (AvgIpc) is 3.69. The van der Waals surface area contributed by atoms with Gasteiger partial charge in [0.25, 0.3) is 0 Å². The molecule has 0 saturated heterocycles. The van der Waals surface area contributed by atoms with Crippen molar-refractivity contribution in [1.29, 1.82) is 0 Å². The van der Waals surface area contributed by atoms with Crippen molar-refractivity contribution in [2.75, 3.05) is 0 Å². The first-order chi connectivity index (χ1) is 29.2. The van der Waals surface area contributed by atoms with Gasteiger partial charge in [0.15, 0.2) is 5.84 Å². The van der Waals surface area contributed by atoms with Crippen LogP contribution in [0.5, 0.6) is 0 Å². The van der Waals surface area contributed by atoms with Crippen LogP contribution >= 0.6 is 0 Å². The third-order valence-corrected chi connectivity index (χ3v) is 11.9. The second kappa shape index (κ2) is 13.4. The highest BCUT2D eigenvalue weighted by molar-refractivity contribution is 6.26. The van der Waals surface area contributed by atoms with Crippen LogP contribution < -0.4 is 5.32 Å². The highest BCUT2D eigenvalue weighted by Crippen LogP contribution is 2.40. The summed E-state index contributed by atoms with van der Waals surface area (Å²) in [6.45, 7) is 0. The highest BCUT2D eigenvalue weighted by Gasteiger charge is 2.27. The maximum atomic E-state index is 6.65. The second-order valence-corrected chi connectivity index (χ2v) is 15.3. The summed E-state index contributed by atoms with van der Waals surface area (Å²) in [4.78, 5) is 11.1. The number of amidine groups is 2. The monoisotopic (exact) mass is 753 g/mol. The van der Waals surface area contributed by atoms with E-state index in [1.54, 1.807) is 0 Å². The van der Waals surface area contributed by atoms with Gasteiger partial charge in [0.05, 0.1) is 0 Å². The zero-order valence-corrected chi connectivity index (χ0v) is 31.9. The molecule has 2 heterocycles. The Morgan fingerprint density at radius 1 is 0.390 bits per heavy atom. The van der Waals surface area contributed by atoms with Crippen LogP contribution in [0.1, 0.15) is 22.9 Å². The van der Waals surface area contributed by atoms with E-state index < -0.39 is 6.17 Å². The van der Waals surface area contributed by atoms with Crippen molar-refractivity contribution in [2.24, 2.45) is 9.98 Å². The molecule has 59 heavy (non-hydrogen) atoms. The number of hydrogen-bond acceptors (Lipinski definition) is 4. The molecule has 276 valence electrons.